The normalized spacial score (nSPS) is 11.6. The number of aromatic nitrogens is 2. The van der Waals surface area contributed by atoms with Crippen molar-refractivity contribution in [2.45, 2.75) is 0 Å². The second kappa shape index (κ2) is 11.4. The molecule has 10 aromatic rings. The van der Waals surface area contributed by atoms with E-state index in [-0.39, 0.29) is 0 Å². The van der Waals surface area contributed by atoms with Crippen LogP contribution >= 0.6 is 0 Å². The van der Waals surface area contributed by atoms with E-state index in [0.717, 1.165) is 83.1 Å². The standard InChI is InChI=1S/C46H28N2O2/c1-2-10-29(11-3-1)30-20-22-31(23-21-30)32-24-26-33(27-25-32)46-47-38(34-14-8-18-42-44(34)36-12-4-6-16-40(36)49-42)28-39(48-46)35-15-9-19-43-45(35)37-13-5-7-17-41(37)50-43/h1-28H. The third-order valence-electron chi connectivity index (χ3n) is 9.55. The van der Waals surface area contributed by atoms with Crippen LogP contribution in [0.5, 0.6) is 0 Å². The van der Waals surface area contributed by atoms with Gasteiger partial charge in [-0.3, -0.25) is 0 Å². The molecule has 0 saturated carbocycles. The molecule has 0 saturated heterocycles. The van der Waals surface area contributed by atoms with E-state index in [1.54, 1.807) is 0 Å². The summed E-state index contributed by atoms with van der Waals surface area (Å²) in [6.07, 6.45) is 0. The zero-order chi connectivity index (χ0) is 33.0. The Hall–Kier alpha value is -6.78. The van der Waals surface area contributed by atoms with Gasteiger partial charge >= 0.3 is 0 Å². The van der Waals surface area contributed by atoms with Crippen LogP contribution in [-0.4, -0.2) is 9.97 Å². The van der Waals surface area contributed by atoms with Crippen LogP contribution in [0.1, 0.15) is 0 Å². The molecular weight excluding hydrogens is 613 g/mol. The van der Waals surface area contributed by atoms with Gasteiger partial charge in [-0.1, -0.05) is 140 Å². The van der Waals surface area contributed by atoms with Crippen LogP contribution in [0.3, 0.4) is 0 Å². The highest BCUT2D eigenvalue weighted by molar-refractivity contribution is 6.14. The van der Waals surface area contributed by atoms with E-state index in [1.807, 2.05) is 66.7 Å². The van der Waals surface area contributed by atoms with Crippen molar-refractivity contribution in [3.05, 3.63) is 170 Å². The molecular formula is C46H28N2O2. The molecule has 0 amide bonds. The van der Waals surface area contributed by atoms with Crippen LogP contribution in [0.2, 0.25) is 0 Å². The first-order valence-electron chi connectivity index (χ1n) is 16.7. The molecule has 7 aromatic carbocycles. The molecule has 0 atom stereocenters. The van der Waals surface area contributed by atoms with E-state index >= 15 is 0 Å². The molecule has 0 fully saturated rings. The summed E-state index contributed by atoms with van der Waals surface area (Å²) in [5, 5.41) is 4.20. The number of furan rings is 2. The molecule has 0 aliphatic carbocycles. The minimum absolute atomic E-state index is 0.651. The fourth-order valence-electron chi connectivity index (χ4n) is 7.13. The van der Waals surface area contributed by atoms with Gasteiger partial charge in [0.05, 0.1) is 11.4 Å². The second-order valence-electron chi connectivity index (χ2n) is 12.5. The smallest absolute Gasteiger partial charge is 0.160 e. The van der Waals surface area contributed by atoms with Crippen molar-refractivity contribution < 1.29 is 8.83 Å². The largest absolute Gasteiger partial charge is 0.456 e. The van der Waals surface area contributed by atoms with Gasteiger partial charge in [0.1, 0.15) is 22.3 Å². The third kappa shape index (κ3) is 4.69. The molecule has 4 heteroatoms. The highest BCUT2D eigenvalue weighted by Gasteiger charge is 2.19. The lowest BCUT2D eigenvalue weighted by atomic mass is 9.98. The van der Waals surface area contributed by atoms with Crippen molar-refractivity contribution in [1.82, 2.24) is 9.97 Å². The maximum absolute atomic E-state index is 6.27. The van der Waals surface area contributed by atoms with E-state index < -0.39 is 0 Å². The van der Waals surface area contributed by atoms with Crippen molar-refractivity contribution in [1.29, 1.82) is 0 Å². The number of fused-ring (bicyclic) bond motifs is 6. The first-order chi connectivity index (χ1) is 24.8. The van der Waals surface area contributed by atoms with Gasteiger partial charge in [-0.15, -0.1) is 0 Å². The van der Waals surface area contributed by atoms with Gasteiger partial charge in [-0.2, -0.15) is 0 Å². The lowest BCUT2D eigenvalue weighted by Gasteiger charge is -2.12. The maximum atomic E-state index is 6.27. The van der Waals surface area contributed by atoms with Gasteiger partial charge in [0.15, 0.2) is 5.82 Å². The summed E-state index contributed by atoms with van der Waals surface area (Å²) < 4.78 is 12.5. The number of para-hydroxylation sites is 2. The van der Waals surface area contributed by atoms with Crippen molar-refractivity contribution >= 4 is 43.9 Å². The van der Waals surface area contributed by atoms with Crippen LogP contribution in [0.4, 0.5) is 0 Å². The highest BCUT2D eigenvalue weighted by atomic mass is 16.3. The molecule has 3 heterocycles. The summed E-state index contributed by atoms with van der Waals surface area (Å²) in [7, 11) is 0. The molecule has 0 bridgehead atoms. The Labute approximate surface area is 287 Å². The lowest BCUT2D eigenvalue weighted by molar-refractivity contribution is 0.668. The van der Waals surface area contributed by atoms with Gasteiger partial charge in [-0.25, -0.2) is 9.97 Å². The molecule has 3 aromatic heterocycles. The predicted octanol–water partition coefficient (Wildman–Crippen LogP) is 12.6. The number of hydrogen-bond donors (Lipinski definition) is 0. The molecule has 0 aliphatic heterocycles. The molecule has 234 valence electrons. The van der Waals surface area contributed by atoms with E-state index in [2.05, 4.69) is 103 Å². The maximum Gasteiger partial charge on any atom is 0.160 e. The van der Waals surface area contributed by atoms with Crippen molar-refractivity contribution in [2.24, 2.45) is 0 Å². The van der Waals surface area contributed by atoms with E-state index in [4.69, 9.17) is 18.8 Å². The first-order valence-corrected chi connectivity index (χ1v) is 16.7. The first kappa shape index (κ1) is 28.3. The minimum Gasteiger partial charge on any atom is -0.456 e. The fourth-order valence-corrected chi connectivity index (χ4v) is 7.13. The van der Waals surface area contributed by atoms with E-state index in [0.29, 0.717) is 5.82 Å². The summed E-state index contributed by atoms with van der Waals surface area (Å²) in [6, 6.07) is 58.5. The number of rotatable bonds is 5. The Morgan fingerprint density at radius 2 is 0.720 bits per heavy atom. The zero-order valence-electron chi connectivity index (χ0n) is 26.9. The molecule has 50 heavy (non-hydrogen) atoms. The number of nitrogens with zero attached hydrogens (tertiary/aromatic N) is 2. The SMILES string of the molecule is c1ccc(-c2ccc(-c3ccc(-c4nc(-c5cccc6oc7ccccc7c56)cc(-c5cccc6oc7ccccc7c56)n4)cc3)cc2)cc1. The number of benzene rings is 7. The Bertz CT molecular complexity index is 2720. The summed E-state index contributed by atoms with van der Waals surface area (Å²) in [5.74, 6) is 0.651. The van der Waals surface area contributed by atoms with Crippen molar-refractivity contribution in [2.75, 3.05) is 0 Å². The summed E-state index contributed by atoms with van der Waals surface area (Å²) in [4.78, 5) is 10.5. The van der Waals surface area contributed by atoms with E-state index in [9.17, 15) is 0 Å². The average Bonchev–Trinajstić information content (AvgIpc) is 3.77. The van der Waals surface area contributed by atoms with Gasteiger partial charge in [0.25, 0.3) is 0 Å². The van der Waals surface area contributed by atoms with Crippen LogP contribution in [0.15, 0.2) is 179 Å². The lowest BCUT2D eigenvalue weighted by Crippen LogP contribution is -1.96. The van der Waals surface area contributed by atoms with Crippen molar-refractivity contribution in [3.8, 4) is 56.2 Å². The molecule has 0 unspecified atom stereocenters. The number of hydrogen-bond acceptors (Lipinski definition) is 4. The fraction of sp³-hybridized carbons (Fsp3) is 0. The van der Waals surface area contributed by atoms with Crippen LogP contribution in [0.25, 0.3) is 100 Å². The monoisotopic (exact) mass is 640 g/mol. The Kier molecular flexibility index (Phi) is 6.46. The molecule has 0 aliphatic rings. The molecule has 4 nitrogen and oxygen atoms in total. The Morgan fingerprint density at radius 1 is 0.320 bits per heavy atom. The molecule has 0 spiro atoms. The van der Waals surface area contributed by atoms with Gasteiger partial charge < -0.3 is 8.83 Å². The zero-order valence-corrected chi connectivity index (χ0v) is 26.9. The van der Waals surface area contributed by atoms with Crippen LogP contribution in [0, 0.1) is 0 Å². The molecule has 0 radical (unpaired) electrons. The Balaban J connectivity index is 1.14. The van der Waals surface area contributed by atoms with Gasteiger partial charge in [0, 0.05) is 38.2 Å². The van der Waals surface area contributed by atoms with Crippen LogP contribution in [-0.2, 0) is 0 Å². The molecule has 0 N–H and O–H groups in total. The highest BCUT2D eigenvalue weighted by Crippen LogP contribution is 2.40. The Morgan fingerprint density at radius 3 is 1.22 bits per heavy atom. The predicted molar refractivity (Wildman–Crippen MR) is 204 cm³/mol. The summed E-state index contributed by atoms with van der Waals surface area (Å²) >= 11 is 0. The van der Waals surface area contributed by atoms with Crippen LogP contribution < -0.4 is 0 Å². The second-order valence-corrected chi connectivity index (χ2v) is 12.5. The average molecular weight is 641 g/mol. The van der Waals surface area contributed by atoms with Gasteiger partial charge in [0.2, 0.25) is 0 Å². The third-order valence-corrected chi connectivity index (χ3v) is 9.55. The minimum atomic E-state index is 0.651. The van der Waals surface area contributed by atoms with Gasteiger partial charge in [-0.05, 0) is 52.6 Å². The molecule has 10 rings (SSSR count). The summed E-state index contributed by atoms with van der Waals surface area (Å²) in [6.45, 7) is 0. The quantitative estimate of drug-likeness (QED) is 0.188. The topological polar surface area (TPSA) is 52.1 Å². The van der Waals surface area contributed by atoms with E-state index in [1.165, 1.54) is 11.1 Å². The van der Waals surface area contributed by atoms with Crippen molar-refractivity contribution in [3.63, 3.8) is 0 Å². The summed E-state index contributed by atoms with van der Waals surface area (Å²) in [5.41, 5.74) is 12.6.